The Balaban J connectivity index is 2.53. The van der Waals surface area contributed by atoms with Crippen LogP contribution in [0.5, 0.6) is 0 Å². The van der Waals surface area contributed by atoms with Gasteiger partial charge in [0.25, 0.3) is 0 Å². The minimum atomic E-state index is -1.12. The van der Waals surface area contributed by atoms with Crippen molar-refractivity contribution in [2.24, 2.45) is 4.99 Å². The van der Waals surface area contributed by atoms with E-state index in [-0.39, 0.29) is 12.2 Å². The van der Waals surface area contributed by atoms with Gasteiger partial charge in [0.2, 0.25) is 0 Å². The van der Waals surface area contributed by atoms with Crippen LogP contribution in [0.15, 0.2) is 45.4 Å². The van der Waals surface area contributed by atoms with E-state index in [9.17, 15) is 14.7 Å². The number of amidine groups is 1. The first-order chi connectivity index (χ1) is 15.1. The van der Waals surface area contributed by atoms with E-state index in [1.165, 1.54) is 16.7 Å². The summed E-state index contributed by atoms with van der Waals surface area (Å²) in [6.07, 6.45) is 3.77. The molecule has 0 bridgehead atoms. The number of rotatable bonds is 8. The van der Waals surface area contributed by atoms with Crippen LogP contribution in [-0.4, -0.2) is 56.6 Å². The number of carbonyl (C=O) groups is 2. The number of thioether (sulfide) groups is 2. The Hall–Kier alpha value is -1.97. The quantitative estimate of drug-likeness (QED) is 0.384. The highest BCUT2D eigenvalue weighted by Crippen LogP contribution is 2.41. The standard InChI is InChI=1S/C23H32N2O5S2/c1-15-18(20(27)28)19(25(21(24-15)31-5)22(29)30-23(2,3)4)16-11-7-8-12-17(16)32-14-10-6-9-13-26/h7-8,11-12,19,26H,6,9-10,13-14H2,1-5H3,(H,27,28). The lowest BCUT2D eigenvalue weighted by molar-refractivity contribution is -0.133. The number of unbranched alkanes of at least 4 members (excludes halogenated alkanes) is 2. The molecule has 2 rings (SSSR count). The second-order valence-corrected chi connectivity index (χ2v) is 10.2. The van der Waals surface area contributed by atoms with Crippen LogP contribution in [0.25, 0.3) is 0 Å². The fourth-order valence-corrected chi connectivity index (χ4v) is 5.00. The Bertz CT molecular complexity index is 893. The molecular weight excluding hydrogens is 448 g/mol. The molecule has 0 aliphatic carbocycles. The lowest BCUT2D eigenvalue weighted by atomic mass is 9.95. The third kappa shape index (κ3) is 6.76. The Morgan fingerprint density at radius 1 is 1.19 bits per heavy atom. The number of benzene rings is 1. The van der Waals surface area contributed by atoms with Crippen molar-refractivity contribution < 1.29 is 24.5 Å². The molecule has 1 unspecified atom stereocenters. The SMILES string of the molecule is CSC1=NC(C)=C(C(=O)O)C(c2ccccc2SCCCCCO)N1C(=O)OC(C)(C)C. The molecule has 0 fully saturated rings. The van der Waals surface area contributed by atoms with Crippen molar-refractivity contribution in [1.29, 1.82) is 0 Å². The number of aliphatic imine (C=N–C) groups is 1. The topological polar surface area (TPSA) is 99.4 Å². The maximum Gasteiger partial charge on any atom is 0.417 e. The molecule has 7 nitrogen and oxygen atoms in total. The second kappa shape index (κ2) is 11.8. The van der Waals surface area contributed by atoms with E-state index in [0.29, 0.717) is 10.9 Å². The second-order valence-electron chi connectivity index (χ2n) is 8.33. The average molecular weight is 481 g/mol. The van der Waals surface area contributed by atoms with Crippen molar-refractivity contribution in [1.82, 2.24) is 4.90 Å². The molecule has 0 saturated heterocycles. The van der Waals surface area contributed by atoms with Crippen molar-refractivity contribution in [3.05, 3.63) is 41.1 Å². The zero-order valence-corrected chi connectivity index (χ0v) is 20.9. The van der Waals surface area contributed by atoms with Crippen LogP contribution in [0.3, 0.4) is 0 Å². The first kappa shape index (κ1) is 26.3. The van der Waals surface area contributed by atoms with Gasteiger partial charge in [-0.2, -0.15) is 0 Å². The summed E-state index contributed by atoms with van der Waals surface area (Å²) >= 11 is 2.89. The minimum Gasteiger partial charge on any atom is -0.478 e. The van der Waals surface area contributed by atoms with E-state index < -0.39 is 23.7 Å². The normalized spacial score (nSPS) is 16.8. The summed E-state index contributed by atoms with van der Waals surface area (Å²) in [4.78, 5) is 32.2. The van der Waals surface area contributed by atoms with Gasteiger partial charge in [0.05, 0.1) is 11.3 Å². The van der Waals surface area contributed by atoms with E-state index in [1.54, 1.807) is 45.7 Å². The van der Waals surface area contributed by atoms with Crippen LogP contribution in [0.4, 0.5) is 4.79 Å². The zero-order valence-electron chi connectivity index (χ0n) is 19.3. The minimum absolute atomic E-state index is 0.0574. The van der Waals surface area contributed by atoms with Gasteiger partial charge >= 0.3 is 12.1 Å². The van der Waals surface area contributed by atoms with Gasteiger partial charge in [-0.25, -0.2) is 19.5 Å². The molecule has 1 heterocycles. The van der Waals surface area contributed by atoms with Crippen LogP contribution in [0.2, 0.25) is 0 Å². The van der Waals surface area contributed by atoms with Gasteiger partial charge in [0.15, 0.2) is 5.17 Å². The van der Waals surface area contributed by atoms with Crippen LogP contribution < -0.4 is 0 Å². The van der Waals surface area contributed by atoms with Gasteiger partial charge in [-0.15, -0.1) is 11.8 Å². The zero-order chi connectivity index (χ0) is 23.9. The molecule has 1 amide bonds. The Morgan fingerprint density at radius 3 is 2.47 bits per heavy atom. The molecule has 1 atom stereocenters. The summed E-state index contributed by atoms with van der Waals surface area (Å²) in [6, 6.07) is 6.69. The summed E-state index contributed by atoms with van der Waals surface area (Å²) in [5.41, 5.74) is 0.409. The first-order valence-electron chi connectivity index (χ1n) is 10.5. The van der Waals surface area contributed by atoms with E-state index in [0.717, 1.165) is 35.5 Å². The lowest BCUT2D eigenvalue weighted by Crippen LogP contribution is -2.45. The van der Waals surface area contributed by atoms with Crippen LogP contribution in [-0.2, 0) is 9.53 Å². The number of hydrogen-bond donors (Lipinski definition) is 2. The van der Waals surface area contributed by atoms with Crippen molar-refractivity contribution in [2.45, 2.75) is 63.5 Å². The first-order valence-corrected chi connectivity index (χ1v) is 12.7. The highest BCUT2D eigenvalue weighted by molar-refractivity contribution is 8.13. The van der Waals surface area contributed by atoms with Gasteiger partial charge in [-0.3, -0.25) is 0 Å². The molecular formula is C23H32N2O5S2. The number of ether oxygens (including phenoxy) is 1. The van der Waals surface area contributed by atoms with Gasteiger partial charge in [0, 0.05) is 11.5 Å². The number of aliphatic hydroxyl groups is 1. The van der Waals surface area contributed by atoms with Crippen molar-refractivity contribution in [2.75, 3.05) is 18.6 Å². The van der Waals surface area contributed by atoms with Crippen molar-refractivity contribution >= 4 is 40.8 Å². The fourth-order valence-electron chi connectivity index (χ4n) is 3.31. The molecule has 1 aliphatic heterocycles. The third-order valence-electron chi connectivity index (χ3n) is 4.67. The number of aliphatic carboxylic acids is 1. The predicted molar refractivity (Wildman–Crippen MR) is 130 cm³/mol. The number of hydrogen-bond acceptors (Lipinski definition) is 7. The van der Waals surface area contributed by atoms with Crippen LogP contribution in [0.1, 0.15) is 58.6 Å². The van der Waals surface area contributed by atoms with Crippen LogP contribution >= 0.6 is 23.5 Å². The van der Waals surface area contributed by atoms with Gasteiger partial charge in [-0.05, 0) is 64.2 Å². The van der Waals surface area contributed by atoms with Crippen molar-refractivity contribution in [3.63, 3.8) is 0 Å². The number of nitrogens with zero attached hydrogens (tertiary/aromatic N) is 2. The number of carbonyl (C=O) groups excluding carboxylic acids is 1. The van der Waals surface area contributed by atoms with E-state index in [4.69, 9.17) is 9.84 Å². The van der Waals surface area contributed by atoms with E-state index in [1.807, 2.05) is 24.3 Å². The Labute approximate surface area is 198 Å². The monoisotopic (exact) mass is 480 g/mol. The smallest absolute Gasteiger partial charge is 0.417 e. The fraction of sp³-hybridized carbons (Fsp3) is 0.522. The number of amides is 1. The molecule has 2 N–H and O–H groups in total. The largest absolute Gasteiger partial charge is 0.478 e. The highest BCUT2D eigenvalue weighted by atomic mass is 32.2. The molecule has 1 aromatic rings. The summed E-state index contributed by atoms with van der Waals surface area (Å²) in [5.74, 6) is -0.294. The maximum absolute atomic E-state index is 13.2. The lowest BCUT2D eigenvalue weighted by Gasteiger charge is -2.37. The summed E-state index contributed by atoms with van der Waals surface area (Å²) in [7, 11) is 0. The van der Waals surface area contributed by atoms with Crippen molar-refractivity contribution in [3.8, 4) is 0 Å². The highest BCUT2D eigenvalue weighted by Gasteiger charge is 2.42. The van der Waals surface area contributed by atoms with Gasteiger partial charge in [-0.1, -0.05) is 36.4 Å². The molecule has 32 heavy (non-hydrogen) atoms. The molecule has 176 valence electrons. The van der Waals surface area contributed by atoms with Crippen LogP contribution in [0, 0.1) is 0 Å². The summed E-state index contributed by atoms with van der Waals surface area (Å²) in [5, 5.41) is 19.4. The predicted octanol–water partition coefficient (Wildman–Crippen LogP) is 5.31. The molecule has 0 spiro atoms. The number of carboxylic acids is 1. The third-order valence-corrected chi connectivity index (χ3v) is 6.50. The molecule has 1 aromatic carbocycles. The number of aliphatic hydroxyl groups excluding tert-OH is 1. The molecule has 9 heteroatoms. The molecule has 0 radical (unpaired) electrons. The van der Waals surface area contributed by atoms with E-state index >= 15 is 0 Å². The number of carboxylic acid groups (broad SMARTS) is 1. The molecule has 0 saturated carbocycles. The summed E-state index contributed by atoms with van der Waals surface area (Å²) in [6.45, 7) is 7.15. The molecule has 0 aromatic heterocycles. The number of allylic oxidation sites excluding steroid dienone is 1. The van der Waals surface area contributed by atoms with E-state index in [2.05, 4.69) is 4.99 Å². The maximum atomic E-state index is 13.2. The van der Waals surface area contributed by atoms with Gasteiger partial charge < -0.3 is 14.9 Å². The Morgan fingerprint density at radius 2 is 1.88 bits per heavy atom. The van der Waals surface area contributed by atoms with Gasteiger partial charge in [0.1, 0.15) is 11.6 Å². The average Bonchev–Trinajstić information content (AvgIpc) is 2.71. The Kier molecular flexibility index (Phi) is 9.66. The summed E-state index contributed by atoms with van der Waals surface area (Å²) < 4.78 is 5.64. The molecule has 1 aliphatic rings.